The van der Waals surface area contributed by atoms with Gasteiger partial charge >= 0.3 is 6.18 Å². The van der Waals surface area contributed by atoms with Crippen LogP contribution in [-0.4, -0.2) is 23.1 Å². The lowest BCUT2D eigenvalue weighted by atomic mass is 10.1. The smallest absolute Gasteiger partial charge is 0.354 e. The second-order valence-corrected chi connectivity index (χ2v) is 4.44. The molecule has 0 unspecified atom stereocenters. The molecular formula is C14H15F3N4. The van der Waals surface area contributed by atoms with Gasteiger partial charge in [-0.2, -0.15) is 13.2 Å². The molecule has 0 atom stereocenters. The highest BCUT2D eigenvalue weighted by atomic mass is 19.4. The van der Waals surface area contributed by atoms with Gasteiger partial charge in [0, 0.05) is 24.5 Å². The van der Waals surface area contributed by atoms with Crippen molar-refractivity contribution >= 4 is 5.95 Å². The predicted octanol–water partition coefficient (Wildman–Crippen LogP) is 2.92. The molecule has 1 aromatic heterocycles. The Morgan fingerprint density at radius 1 is 1.10 bits per heavy atom. The van der Waals surface area contributed by atoms with E-state index < -0.39 is 11.7 Å². The van der Waals surface area contributed by atoms with Crippen LogP contribution in [0.4, 0.5) is 19.1 Å². The summed E-state index contributed by atoms with van der Waals surface area (Å²) in [6, 6.07) is 5.08. The maximum absolute atomic E-state index is 12.7. The predicted molar refractivity (Wildman–Crippen MR) is 74.6 cm³/mol. The molecule has 0 aliphatic carbocycles. The Bertz CT molecular complexity index is 582. The molecule has 1 aromatic carbocycles. The van der Waals surface area contributed by atoms with Crippen LogP contribution in [0.2, 0.25) is 0 Å². The molecule has 0 saturated heterocycles. The molecule has 0 bridgehead atoms. The normalized spacial score (nSPS) is 11.4. The van der Waals surface area contributed by atoms with Crippen molar-refractivity contribution in [2.45, 2.75) is 12.6 Å². The van der Waals surface area contributed by atoms with E-state index in [1.54, 1.807) is 6.07 Å². The molecule has 112 valence electrons. The lowest BCUT2D eigenvalue weighted by Crippen LogP contribution is -2.10. The lowest BCUT2D eigenvalue weighted by molar-refractivity contribution is -0.137. The van der Waals surface area contributed by atoms with Crippen LogP contribution in [-0.2, 0) is 6.18 Å². The summed E-state index contributed by atoms with van der Waals surface area (Å²) in [5.74, 6) is 0.430. The highest BCUT2D eigenvalue weighted by molar-refractivity contribution is 5.63. The first-order valence-corrected chi connectivity index (χ1v) is 6.44. The Kier molecular flexibility index (Phi) is 4.74. The Balaban J connectivity index is 2.15. The van der Waals surface area contributed by atoms with Crippen LogP contribution >= 0.6 is 0 Å². The number of benzene rings is 1. The van der Waals surface area contributed by atoms with E-state index in [1.165, 1.54) is 18.5 Å². The van der Waals surface area contributed by atoms with E-state index in [0.717, 1.165) is 18.6 Å². The van der Waals surface area contributed by atoms with Gasteiger partial charge in [-0.25, -0.2) is 9.97 Å². The van der Waals surface area contributed by atoms with E-state index in [-0.39, 0.29) is 0 Å². The van der Waals surface area contributed by atoms with Crippen LogP contribution in [0.25, 0.3) is 11.1 Å². The molecule has 0 amide bonds. The minimum absolute atomic E-state index is 0.429. The Hall–Kier alpha value is -2.15. The summed E-state index contributed by atoms with van der Waals surface area (Å²) in [5.41, 5.74) is 5.64. The number of aromatic nitrogens is 2. The van der Waals surface area contributed by atoms with E-state index in [9.17, 15) is 13.2 Å². The van der Waals surface area contributed by atoms with Crippen LogP contribution < -0.4 is 11.1 Å². The third-order valence-electron chi connectivity index (χ3n) is 2.84. The third kappa shape index (κ3) is 4.16. The molecule has 0 saturated carbocycles. The van der Waals surface area contributed by atoms with Gasteiger partial charge in [-0.05, 0) is 30.7 Å². The molecule has 2 rings (SSSR count). The summed E-state index contributed by atoms with van der Waals surface area (Å²) in [6.07, 6.45) is -0.583. The van der Waals surface area contributed by atoms with Gasteiger partial charge in [-0.1, -0.05) is 12.1 Å². The van der Waals surface area contributed by atoms with E-state index in [0.29, 0.717) is 30.2 Å². The van der Waals surface area contributed by atoms with Crippen LogP contribution in [0.3, 0.4) is 0 Å². The van der Waals surface area contributed by atoms with Crippen molar-refractivity contribution < 1.29 is 13.2 Å². The highest BCUT2D eigenvalue weighted by Gasteiger charge is 2.30. The van der Waals surface area contributed by atoms with Gasteiger partial charge in [0.1, 0.15) is 0 Å². The van der Waals surface area contributed by atoms with Gasteiger partial charge in [0.25, 0.3) is 0 Å². The molecule has 0 fully saturated rings. The first-order valence-electron chi connectivity index (χ1n) is 6.44. The Labute approximate surface area is 120 Å². The fourth-order valence-corrected chi connectivity index (χ4v) is 1.75. The molecule has 21 heavy (non-hydrogen) atoms. The number of hydrogen-bond donors (Lipinski definition) is 2. The quantitative estimate of drug-likeness (QED) is 0.833. The lowest BCUT2D eigenvalue weighted by Gasteiger charge is -2.09. The zero-order valence-corrected chi connectivity index (χ0v) is 11.2. The van der Waals surface area contributed by atoms with Crippen molar-refractivity contribution in [3.8, 4) is 11.1 Å². The van der Waals surface area contributed by atoms with Crippen molar-refractivity contribution in [2.75, 3.05) is 18.4 Å². The maximum Gasteiger partial charge on any atom is 0.416 e. The number of halogens is 3. The fraction of sp³-hybridized carbons (Fsp3) is 0.286. The van der Waals surface area contributed by atoms with Crippen LogP contribution in [0.15, 0.2) is 36.7 Å². The molecule has 0 radical (unpaired) electrons. The first kappa shape index (κ1) is 15.2. The van der Waals surface area contributed by atoms with Gasteiger partial charge in [-0.3, -0.25) is 0 Å². The van der Waals surface area contributed by atoms with E-state index >= 15 is 0 Å². The zero-order chi connectivity index (χ0) is 15.3. The molecular weight excluding hydrogens is 281 g/mol. The summed E-state index contributed by atoms with van der Waals surface area (Å²) < 4.78 is 38.0. The van der Waals surface area contributed by atoms with Crippen LogP contribution in [0, 0.1) is 0 Å². The number of rotatable bonds is 5. The largest absolute Gasteiger partial charge is 0.416 e. The maximum atomic E-state index is 12.7. The first-order chi connectivity index (χ1) is 10.0. The van der Waals surface area contributed by atoms with Gasteiger partial charge in [-0.15, -0.1) is 0 Å². The topological polar surface area (TPSA) is 63.8 Å². The highest BCUT2D eigenvalue weighted by Crippen LogP contribution is 2.31. The minimum atomic E-state index is -4.36. The van der Waals surface area contributed by atoms with E-state index in [2.05, 4.69) is 15.3 Å². The average molecular weight is 296 g/mol. The molecule has 3 N–H and O–H groups in total. The van der Waals surface area contributed by atoms with E-state index in [1.807, 2.05) is 0 Å². The number of nitrogens with two attached hydrogens (primary N) is 1. The molecule has 4 nitrogen and oxygen atoms in total. The number of nitrogens with zero attached hydrogens (tertiary/aromatic N) is 2. The zero-order valence-electron chi connectivity index (χ0n) is 11.2. The number of hydrogen-bond acceptors (Lipinski definition) is 4. The fourth-order valence-electron chi connectivity index (χ4n) is 1.75. The van der Waals surface area contributed by atoms with Crippen molar-refractivity contribution in [3.63, 3.8) is 0 Å². The van der Waals surface area contributed by atoms with Gasteiger partial charge < -0.3 is 11.1 Å². The molecule has 0 spiro atoms. The van der Waals surface area contributed by atoms with Crippen molar-refractivity contribution in [1.29, 1.82) is 0 Å². The average Bonchev–Trinajstić information content (AvgIpc) is 2.47. The van der Waals surface area contributed by atoms with Gasteiger partial charge in [0.05, 0.1) is 5.56 Å². The number of anilines is 1. The van der Waals surface area contributed by atoms with Crippen LogP contribution in [0.5, 0.6) is 0 Å². The number of nitrogens with one attached hydrogen (secondary N) is 1. The summed E-state index contributed by atoms with van der Waals surface area (Å²) >= 11 is 0. The van der Waals surface area contributed by atoms with E-state index in [4.69, 9.17) is 5.73 Å². The van der Waals surface area contributed by atoms with Crippen molar-refractivity contribution in [3.05, 3.63) is 42.2 Å². The summed E-state index contributed by atoms with van der Waals surface area (Å²) in [4.78, 5) is 8.15. The molecule has 0 aliphatic rings. The molecule has 2 aromatic rings. The van der Waals surface area contributed by atoms with Crippen LogP contribution in [0.1, 0.15) is 12.0 Å². The molecule has 1 heterocycles. The standard InChI is InChI=1S/C14H15F3N4/c15-14(16,17)12-4-1-3-10(7-12)11-8-20-13(21-9-11)19-6-2-5-18/h1,3-4,7-9H,2,5-6,18H2,(H,19,20,21). The second kappa shape index (κ2) is 6.53. The monoisotopic (exact) mass is 296 g/mol. The van der Waals surface area contributed by atoms with Crippen molar-refractivity contribution in [2.24, 2.45) is 5.73 Å². The Morgan fingerprint density at radius 3 is 2.43 bits per heavy atom. The Morgan fingerprint density at radius 2 is 1.81 bits per heavy atom. The molecule has 0 aliphatic heterocycles. The summed E-state index contributed by atoms with van der Waals surface area (Å²) in [7, 11) is 0. The minimum Gasteiger partial charge on any atom is -0.354 e. The van der Waals surface area contributed by atoms with Gasteiger partial charge in [0.2, 0.25) is 5.95 Å². The summed E-state index contributed by atoms with van der Waals surface area (Å²) in [5, 5.41) is 2.98. The SMILES string of the molecule is NCCCNc1ncc(-c2cccc(C(F)(F)F)c2)cn1. The number of alkyl halides is 3. The molecule has 7 heteroatoms. The summed E-state index contributed by atoms with van der Waals surface area (Å²) in [6.45, 7) is 1.22. The third-order valence-corrected chi connectivity index (χ3v) is 2.84. The second-order valence-electron chi connectivity index (χ2n) is 4.44. The van der Waals surface area contributed by atoms with Crippen molar-refractivity contribution in [1.82, 2.24) is 9.97 Å². The van der Waals surface area contributed by atoms with Gasteiger partial charge in [0.15, 0.2) is 0 Å².